The van der Waals surface area contributed by atoms with Crippen molar-refractivity contribution in [3.8, 4) is 5.69 Å². The van der Waals surface area contributed by atoms with E-state index in [0.717, 1.165) is 29.0 Å². The zero-order chi connectivity index (χ0) is 24.3. The summed E-state index contributed by atoms with van der Waals surface area (Å²) in [6.07, 6.45) is 12.9. The summed E-state index contributed by atoms with van der Waals surface area (Å²) in [6, 6.07) is 17.7. The zero-order valence-corrected chi connectivity index (χ0v) is 20.9. The third-order valence-corrected chi connectivity index (χ3v) is 7.39. The maximum atomic E-state index is 12.9. The lowest BCUT2D eigenvalue weighted by Crippen LogP contribution is -2.36. The van der Waals surface area contributed by atoms with Gasteiger partial charge in [0.05, 0.1) is 23.2 Å². The van der Waals surface area contributed by atoms with Crippen molar-refractivity contribution in [2.24, 2.45) is 0 Å². The molecule has 1 aliphatic carbocycles. The molecule has 35 heavy (non-hydrogen) atoms. The molecule has 0 bridgehead atoms. The Morgan fingerprint density at radius 1 is 0.943 bits per heavy atom. The monoisotopic (exact) mass is 490 g/mol. The van der Waals surface area contributed by atoms with Gasteiger partial charge in [-0.15, -0.1) is 11.8 Å². The molecule has 0 spiro atoms. The summed E-state index contributed by atoms with van der Waals surface area (Å²) < 4.78 is 1.84. The van der Waals surface area contributed by atoms with Gasteiger partial charge in [-0.3, -0.25) is 9.59 Å². The van der Waals surface area contributed by atoms with Gasteiger partial charge < -0.3 is 10.6 Å². The molecule has 7 heteroatoms. The Labute approximate surface area is 211 Å². The highest BCUT2D eigenvalue weighted by Gasteiger charge is 2.16. The first-order chi connectivity index (χ1) is 17.2. The van der Waals surface area contributed by atoms with Gasteiger partial charge in [-0.1, -0.05) is 62.4 Å². The molecular formula is C28H34N4O2S. The van der Waals surface area contributed by atoms with Crippen molar-refractivity contribution in [3.05, 3.63) is 78.1 Å². The zero-order valence-electron chi connectivity index (χ0n) is 20.1. The number of hydrogen-bond donors (Lipinski definition) is 2. The summed E-state index contributed by atoms with van der Waals surface area (Å²) in [7, 11) is 0. The third kappa shape index (κ3) is 7.72. The fourth-order valence-corrected chi connectivity index (χ4v) is 5.28. The molecule has 1 heterocycles. The molecule has 4 rings (SSSR count). The molecule has 0 saturated heterocycles. The standard InChI is InChI=1S/C28H34N4O2S/c33-27(31-23-11-5-2-1-3-6-12-23)21-35-26-16-10-9-15-25(26)28(34)29-18-17-22-19-30-32(20-22)24-13-7-4-8-14-24/h4,7-10,13-16,19-20,23H,1-3,5-6,11-12,17-18,21H2,(H,29,34)(H,31,33). The largest absolute Gasteiger partial charge is 0.353 e. The van der Waals surface area contributed by atoms with Gasteiger partial charge in [0.1, 0.15) is 0 Å². The normalized spacial score (nSPS) is 14.6. The molecule has 3 aromatic rings. The number of nitrogens with one attached hydrogen (secondary N) is 2. The Morgan fingerprint density at radius 3 is 2.46 bits per heavy atom. The lowest BCUT2D eigenvalue weighted by Gasteiger charge is -2.21. The number of nitrogens with zero attached hydrogens (tertiary/aromatic N) is 2. The maximum Gasteiger partial charge on any atom is 0.252 e. The van der Waals surface area contributed by atoms with E-state index < -0.39 is 0 Å². The van der Waals surface area contributed by atoms with Gasteiger partial charge in [0.25, 0.3) is 5.91 Å². The van der Waals surface area contributed by atoms with Gasteiger partial charge >= 0.3 is 0 Å². The number of hydrogen-bond acceptors (Lipinski definition) is 4. The van der Waals surface area contributed by atoms with Crippen molar-refractivity contribution in [2.75, 3.05) is 12.3 Å². The SMILES string of the molecule is O=C(CSc1ccccc1C(=O)NCCc1cnn(-c2ccccc2)c1)NC1CCCCCCC1. The van der Waals surface area contributed by atoms with E-state index in [1.807, 2.05) is 71.7 Å². The van der Waals surface area contributed by atoms with E-state index in [9.17, 15) is 9.59 Å². The summed E-state index contributed by atoms with van der Waals surface area (Å²) in [5, 5.41) is 10.6. The van der Waals surface area contributed by atoms with Gasteiger partial charge in [-0.25, -0.2) is 4.68 Å². The number of carbonyl (C=O) groups excluding carboxylic acids is 2. The molecule has 184 valence electrons. The molecular weight excluding hydrogens is 456 g/mol. The molecule has 0 atom stereocenters. The van der Waals surface area contributed by atoms with Crippen LogP contribution in [0.25, 0.3) is 5.69 Å². The van der Waals surface area contributed by atoms with E-state index in [-0.39, 0.29) is 17.9 Å². The van der Waals surface area contributed by atoms with Crippen LogP contribution in [0.2, 0.25) is 0 Å². The summed E-state index contributed by atoms with van der Waals surface area (Å²) in [4.78, 5) is 26.3. The van der Waals surface area contributed by atoms with Crippen molar-refractivity contribution in [2.45, 2.75) is 62.3 Å². The quantitative estimate of drug-likeness (QED) is 0.406. The Kier molecular flexibility index (Phi) is 9.40. The maximum absolute atomic E-state index is 12.9. The number of para-hydroxylation sites is 1. The van der Waals surface area contributed by atoms with Crippen LogP contribution in [0, 0.1) is 0 Å². The second-order valence-corrected chi connectivity index (χ2v) is 10.0. The lowest BCUT2D eigenvalue weighted by atomic mass is 9.97. The Balaban J connectivity index is 1.25. The minimum Gasteiger partial charge on any atom is -0.353 e. The van der Waals surface area contributed by atoms with Gasteiger partial charge in [0.2, 0.25) is 5.91 Å². The number of thioether (sulfide) groups is 1. The number of amides is 2. The Hall–Kier alpha value is -3.06. The Bertz CT molecular complexity index is 1090. The molecule has 2 amide bonds. The van der Waals surface area contributed by atoms with Crippen LogP contribution in [0.5, 0.6) is 0 Å². The highest BCUT2D eigenvalue weighted by molar-refractivity contribution is 8.00. The van der Waals surface area contributed by atoms with Gasteiger partial charge in [-0.2, -0.15) is 5.10 Å². The second kappa shape index (κ2) is 13.1. The highest BCUT2D eigenvalue weighted by atomic mass is 32.2. The smallest absolute Gasteiger partial charge is 0.252 e. The van der Waals surface area contributed by atoms with Crippen molar-refractivity contribution in [3.63, 3.8) is 0 Å². The first-order valence-corrected chi connectivity index (χ1v) is 13.6. The fourth-order valence-electron chi connectivity index (χ4n) is 4.42. The van der Waals surface area contributed by atoms with Crippen LogP contribution in [0.1, 0.15) is 60.9 Å². The minimum atomic E-state index is -0.121. The molecule has 2 N–H and O–H groups in total. The van der Waals surface area contributed by atoms with E-state index in [1.165, 1.54) is 43.9 Å². The van der Waals surface area contributed by atoms with Crippen LogP contribution >= 0.6 is 11.8 Å². The van der Waals surface area contributed by atoms with Crippen LogP contribution < -0.4 is 10.6 Å². The predicted octanol–water partition coefficient (Wildman–Crippen LogP) is 5.17. The molecule has 1 aliphatic rings. The average molecular weight is 491 g/mol. The minimum absolute atomic E-state index is 0.0474. The molecule has 1 aromatic heterocycles. The van der Waals surface area contributed by atoms with Crippen molar-refractivity contribution >= 4 is 23.6 Å². The van der Waals surface area contributed by atoms with E-state index in [1.54, 1.807) is 0 Å². The lowest BCUT2D eigenvalue weighted by molar-refractivity contribution is -0.119. The summed E-state index contributed by atoms with van der Waals surface area (Å²) in [6.45, 7) is 0.514. The molecule has 1 saturated carbocycles. The number of aromatic nitrogens is 2. The van der Waals surface area contributed by atoms with Crippen LogP contribution in [-0.4, -0.2) is 39.9 Å². The highest BCUT2D eigenvalue weighted by Crippen LogP contribution is 2.23. The van der Waals surface area contributed by atoms with Crippen molar-refractivity contribution < 1.29 is 9.59 Å². The molecule has 0 radical (unpaired) electrons. The van der Waals surface area contributed by atoms with Crippen LogP contribution in [0.4, 0.5) is 0 Å². The number of carbonyl (C=O) groups is 2. The van der Waals surface area contributed by atoms with Gasteiger partial charge in [0, 0.05) is 23.7 Å². The summed E-state index contributed by atoms with van der Waals surface area (Å²) >= 11 is 1.43. The summed E-state index contributed by atoms with van der Waals surface area (Å²) in [5.74, 6) is 0.245. The van der Waals surface area contributed by atoms with Crippen LogP contribution in [0.3, 0.4) is 0 Å². The van der Waals surface area contributed by atoms with E-state index in [0.29, 0.717) is 24.3 Å². The second-order valence-electron chi connectivity index (χ2n) is 9.03. The molecule has 2 aromatic carbocycles. The first kappa shape index (κ1) is 25.0. The molecule has 1 fully saturated rings. The first-order valence-electron chi connectivity index (χ1n) is 12.6. The van der Waals surface area contributed by atoms with Gasteiger partial charge in [0.15, 0.2) is 0 Å². The van der Waals surface area contributed by atoms with E-state index in [4.69, 9.17) is 0 Å². The van der Waals surface area contributed by atoms with Crippen molar-refractivity contribution in [1.82, 2.24) is 20.4 Å². The molecule has 0 aliphatic heterocycles. The predicted molar refractivity (Wildman–Crippen MR) is 141 cm³/mol. The van der Waals surface area contributed by atoms with Crippen LogP contribution in [-0.2, 0) is 11.2 Å². The topological polar surface area (TPSA) is 76.0 Å². The van der Waals surface area contributed by atoms with Gasteiger partial charge in [-0.05, 0) is 49.1 Å². The van der Waals surface area contributed by atoms with Crippen molar-refractivity contribution in [1.29, 1.82) is 0 Å². The third-order valence-electron chi connectivity index (χ3n) is 6.32. The summed E-state index contributed by atoms with van der Waals surface area (Å²) in [5.41, 5.74) is 2.67. The fraction of sp³-hybridized carbons (Fsp3) is 0.393. The van der Waals surface area contributed by atoms with E-state index >= 15 is 0 Å². The number of rotatable bonds is 9. The average Bonchev–Trinajstić information content (AvgIpc) is 3.34. The Morgan fingerprint density at radius 2 is 1.66 bits per heavy atom. The number of benzene rings is 2. The molecule has 0 unspecified atom stereocenters. The molecule has 6 nitrogen and oxygen atoms in total. The van der Waals surface area contributed by atoms with Crippen LogP contribution in [0.15, 0.2) is 71.9 Å². The van der Waals surface area contributed by atoms with E-state index in [2.05, 4.69) is 15.7 Å².